The maximum absolute atomic E-state index is 12.0. The lowest BCUT2D eigenvalue weighted by Gasteiger charge is -2.02. The summed E-state index contributed by atoms with van der Waals surface area (Å²) in [6.45, 7) is 16.3. The average Bonchev–Trinajstić information content (AvgIpc) is 3.56. The molecule has 0 aliphatic carbocycles. The Kier molecular flexibility index (Phi) is 7.69. The lowest BCUT2D eigenvalue weighted by Crippen LogP contribution is -2.13. The molecule has 0 fully saturated rings. The van der Waals surface area contributed by atoms with Crippen molar-refractivity contribution in [2.24, 2.45) is 0 Å². The third kappa shape index (κ3) is 5.35. The smallest absolute Gasteiger partial charge is 0.130 e. The van der Waals surface area contributed by atoms with E-state index in [1.165, 1.54) is 22.3 Å². The molecule has 4 N–H and O–H groups in total. The number of nitrogens with one attached hydrogen (secondary N) is 4. The summed E-state index contributed by atoms with van der Waals surface area (Å²) in [6, 6.07) is 0. The van der Waals surface area contributed by atoms with Crippen molar-refractivity contribution in [1.29, 1.82) is 0 Å². The number of hydrogen-bond acceptors (Lipinski definition) is 2. The number of aromatic nitrogens is 4. The molecule has 0 unspecified atom stereocenters. The van der Waals surface area contributed by atoms with E-state index in [9.17, 15) is 9.59 Å². The van der Waals surface area contributed by atoms with Crippen molar-refractivity contribution >= 4 is 35.9 Å². The fourth-order valence-corrected chi connectivity index (χ4v) is 6.14. The van der Waals surface area contributed by atoms with Gasteiger partial charge < -0.3 is 29.5 Å². The molecule has 8 bridgehead atoms. The summed E-state index contributed by atoms with van der Waals surface area (Å²) in [5, 5.41) is 4.21. The predicted octanol–water partition coefficient (Wildman–Crippen LogP) is 3.78. The van der Waals surface area contributed by atoms with Crippen molar-refractivity contribution in [1.82, 2.24) is 19.9 Å². The quantitative estimate of drug-likeness (QED) is 0.248. The molecule has 1 aliphatic rings. The van der Waals surface area contributed by atoms with Gasteiger partial charge in [0, 0.05) is 57.0 Å². The van der Waals surface area contributed by atoms with Crippen LogP contribution in [0.2, 0.25) is 0 Å². The number of carbonyl (C=O) groups excluding carboxylic acids is 2. The molecular formula is C35H42N4O2. The van der Waals surface area contributed by atoms with Crippen LogP contribution in [0.5, 0.6) is 0 Å². The Labute approximate surface area is 241 Å². The SMILES string of the molecule is CCc1c2[nH]c(c1C)/C=c1\[nH]/c(c(CCC(C)=O)c1C)=C\c1[nH]c(c(C)c1CCC(C)=O)/C=c1\[nH]/c(c(C)c1C)=C\2. The molecule has 5 rings (SSSR count). The van der Waals surface area contributed by atoms with Crippen molar-refractivity contribution in [3.05, 3.63) is 88.7 Å². The van der Waals surface area contributed by atoms with E-state index >= 15 is 0 Å². The van der Waals surface area contributed by atoms with Gasteiger partial charge in [0.1, 0.15) is 11.6 Å². The Morgan fingerprint density at radius 3 is 1.46 bits per heavy atom. The maximum Gasteiger partial charge on any atom is 0.130 e. The summed E-state index contributed by atoms with van der Waals surface area (Å²) >= 11 is 0. The van der Waals surface area contributed by atoms with Crippen LogP contribution in [0.25, 0.3) is 24.3 Å². The van der Waals surface area contributed by atoms with E-state index in [-0.39, 0.29) is 11.6 Å². The predicted molar refractivity (Wildman–Crippen MR) is 167 cm³/mol. The molecule has 4 aromatic heterocycles. The Bertz CT molecular complexity index is 1930. The van der Waals surface area contributed by atoms with Gasteiger partial charge in [0.25, 0.3) is 0 Å². The number of hydrogen-bond donors (Lipinski definition) is 4. The van der Waals surface area contributed by atoms with E-state index in [0.29, 0.717) is 25.7 Å². The molecule has 214 valence electrons. The number of rotatable bonds is 7. The summed E-state index contributed by atoms with van der Waals surface area (Å²) in [4.78, 5) is 38.7. The third-order valence-corrected chi connectivity index (χ3v) is 8.96. The van der Waals surface area contributed by atoms with Gasteiger partial charge in [0.15, 0.2) is 0 Å². The summed E-state index contributed by atoms with van der Waals surface area (Å²) in [5.41, 5.74) is 13.8. The number of H-pyrrole nitrogens is 4. The first-order valence-corrected chi connectivity index (χ1v) is 14.7. The molecule has 0 amide bonds. The topological polar surface area (TPSA) is 97.3 Å². The van der Waals surface area contributed by atoms with Gasteiger partial charge in [0.05, 0.1) is 0 Å². The van der Waals surface area contributed by atoms with E-state index in [1.807, 2.05) is 0 Å². The summed E-state index contributed by atoms with van der Waals surface area (Å²) in [7, 11) is 0. The van der Waals surface area contributed by atoms with Crippen LogP contribution in [0.4, 0.5) is 0 Å². The molecule has 6 nitrogen and oxygen atoms in total. The van der Waals surface area contributed by atoms with E-state index in [0.717, 1.165) is 72.8 Å². The molecular weight excluding hydrogens is 508 g/mol. The van der Waals surface area contributed by atoms with E-state index in [4.69, 9.17) is 0 Å². The largest absolute Gasteiger partial charge is 0.355 e. The van der Waals surface area contributed by atoms with Crippen LogP contribution in [0, 0.1) is 34.6 Å². The van der Waals surface area contributed by atoms with Gasteiger partial charge in [-0.1, -0.05) is 6.92 Å². The minimum Gasteiger partial charge on any atom is -0.355 e. The second-order valence-electron chi connectivity index (χ2n) is 11.7. The Hall–Kier alpha value is -4.06. The number of Topliss-reactive ketones (excluding diaryl/α,β-unsaturated/α-hetero) is 2. The zero-order valence-electron chi connectivity index (χ0n) is 25.7. The fraction of sp³-hybridized carbons (Fsp3) is 0.371. The zero-order chi connectivity index (χ0) is 29.6. The molecule has 0 atom stereocenters. The molecule has 5 heterocycles. The van der Waals surface area contributed by atoms with Gasteiger partial charge in [-0.25, -0.2) is 0 Å². The summed E-state index contributed by atoms with van der Waals surface area (Å²) < 4.78 is 0. The molecule has 0 saturated carbocycles. The van der Waals surface area contributed by atoms with Crippen LogP contribution < -0.4 is 21.4 Å². The lowest BCUT2D eigenvalue weighted by molar-refractivity contribution is -0.117. The van der Waals surface area contributed by atoms with Crippen LogP contribution in [0.1, 0.15) is 101 Å². The van der Waals surface area contributed by atoms with Gasteiger partial charge in [-0.15, -0.1) is 0 Å². The molecule has 0 spiro atoms. The highest BCUT2D eigenvalue weighted by molar-refractivity contribution is 5.76. The second kappa shape index (κ2) is 11.1. The first-order chi connectivity index (χ1) is 19.5. The van der Waals surface area contributed by atoms with Crippen molar-refractivity contribution < 1.29 is 9.59 Å². The Morgan fingerprint density at radius 2 is 0.927 bits per heavy atom. The van der Waals surface area contributed by atoms with E-state index in [1.54, 1.807) is 13.8 Å². The molecule has 0 saturated heterocycles. The van der Waals surface area contributed by atoms with Gasteiger partial charge in [0.2, 0.25) is 0 Å². The van der Waals surface area contributed by atoms with Gasteiger partial charge >= 0.3 is 0 Å². The maximum atomic E-state index is 12.0. The van der Waals surface area contributed by atoms with Crippen LogP contribution in [0.15, 0.2) is 0 Å². The van der Waals surface area contributed by atoms with Crippen LogP contribution in [-0.2, 0) is 28.9 Å². The highest BCUT2D eigenvalue weighted by Crippen LogP contribution is 2.23. The van der Waals surface area contributed by atoms with Crippen LogP contribution in [0.3, 0.4) is 0 Å². The second-order valence-corrected chi connectivity index (χ2v) is 11.7. The molecule has 6 heteroatoms. The average molecular weight is 551 g/mol. The number of ketones is 2. The summed E-state index contributed by atoms with van der Waals surface area (Å²) in [6.07, 6.45) is 12.1. The molecule has 0 radical (unpaired) electrons. The van der Waals surface area contributed by atoms with Crippen molar-refractivity contribution in [3.63, 3.8) is 0 Å². The molecule has 1 aliphatic heterocycles. The minimum atomic E-state index is 0.179. The zero-order valence-corrected chi connectivity index (χ0v) is 25.7. The first kappa shape index (κ1) is 28.5. The van der Waals surface area contributed by atoms with Crippen molar-refractivity contribution in [2.75, 3.05) is 0 Å². The molecule has 41 heavy (non-hydrogen) atoms. The summed E-state index contributed by atoms with van der Waals surface area (Å²) in [5.74, 6) is 0.359. The van der Waals surface area contributed by atoms with Crippen molar-refractivity contribution in [2.45, 2.75) is 87.5 Å². The fourth-order valence-electron chi connectivity index (χ4n) is 6.14. The molecule has 0 aromatic carbocycles. The van der Waals surface area contributed by atoms with Gasteiger partial charge in [-0.3, -0.25) is 0 Å². The third-order valence-electron chi connectivity index (χ3n) is 8.96. The Morgan fingerprint density at radius 1 is 0.512 bits per heavy atom. The monoisotopic (exact) mass is 550 g/mol. The minimum absolute atomic E-state index is 0.179. The van der Waals surface area contributed by atoms with Crippen LogP contribution in [-0.4, -0.2) is 31.5 Å². The van der Waals surface area contributed by atoms with Gasteiger partial charge in [-0.2, -0.15) is 0 Å². The number of carbonyl (C=O) groups is 2. The molecule has 4 aromatic rings. The Balaban J connectivity index is 1.90. The lowest BCUT2D eigenvalue weighted by atomic mass is 10.0. The number of aromatic amines is 4. The van der Waals surface area contributed by atoms with Crippen molar-refractivity contribution in [3.8, 4) is 0 Å². The standard InChI is InChI=1S/C35H42N4O2/c1-9-25-22(6)30-15-32-24(8)27(13-11-19(3)41)35(39-32)17-34-26(12-10-18(2)40)23(7)31(38-34)14-28-20(4)21(5)29(36-28)16-33(25)37-30/h14-17,36-39H,9-13H2,1-8H3/b28-14-,29-16-,30-15?,31-14?,32-15-,33-16?,34-17?,35-17-. The highest BCUT2D eigenvalue weighted by atomic mass is 16.1. The van der Waals surface area contributed by atoms with Gasteiger partial charge in [-0.05, 0) is 137 Å². The highest BCUT2D eigenvalue weighted by Gasteiger charge is 2.16. The number of fused-ring (bicyclic) bond motifs is 8. The first-order valence-electron chi connectivity index (χ1n) is 14.7. The normalized spacial score (nSPS) is 15.7. The van der Waals surface area contributed by atoms with E-state index < -0.39 is 0 Å². The van der Waals surface area contributed by atoms with Crippen LogP contribution >= 0.6 is 0 Å². The van der Waals surface area contributed by atoms with E-state index in [2.05, 4.69) is 85.8 Å².